The van der Waals surface area contributed by atoms with Crippen molar-refractivity contribution in [1.29, 1.82) is 0 Å². The van der Waals surface area contributed by atoms with Gasteiger partial charge in [0.15, 0.2) is 0 Å². The van der Waals surface area contributed by atoms with Crippen molar-refractivity contribution in [2.24, 2.45) is 0 Å². The molecule has 2 nitrogen and oxygen atoms in total. The minimum absolute atomic E-state index is 0.276. The van der Waals surface area contributed by atoms with Crippen molar-refractivity contribution in [2.75, 3.05) is 5.73 Å². The number of halogens is 4. The highest BCUT2D eigenvalue weighted by Crippen LogP contribution is 2.31. The fourth-order valence-electron chi connectivity index (χ4n) is 1.17. The Morgan fingerprint density at radius 1 is 1.38 bits per heavy atom. The Labute approximate surface area is 90.0 Å². The fourth-order valence-corrected chi connectivity index (χ4v) is 1.17. The zero-order chi connectivity index (χ0) is 12.3. The van der Waals surface area contributed by atoms with Crippen LogP contribution in [0, 0.1) is 0 Å². The maximum Gasteiger partial charge on any atom is 0.461 e. The van der Waals surface area contributed by atoms with Crippen LogP contribution in [0.4, 0.5) is 23.2 Å². The van der Waals surface area contributed by atoms with Crippen molar-refractivity contribution in [3.05, 3.63) is 23.8 Å². The standard InChI is InChI=1S/C10H11F4NO/c1-2-6-5-7(15)3-4-8(6)16-10(13,14)9(11)12/h3-5,9H,2,15H2,1H3. The van der Waals surface area contributed by atoms with Crippen LogP contribution in [0.5, 0.6) is 5.75 Å². The largest absolute Gasteiger partial charge is 0.461 e. The summed E-state index contributed by atoms with van der Waals surface area (Å²) in [5, 5.41) is 0. The lowest BCUT2D eigenvalue weighted by Gasteiger charge is -2.18. The van der Waals surface area contributed by atoms with E-state index in [4.69, 9.17) is 5.73 Å². The number of rotatable bonds is 4. The number of ether oxygens (including phenoxy) is 1. The maximum atomic E-state index is 12.6. The summed E-state index contributed by atoms with van der Waals surface area (Å²) in [6.45, 7) is 1.68. The summed E-state index contributed by atoms with van der Waals surface area (Å²) in [6, 6.07) is 3.89. The molecule has 2 N–H and O–H groups in total. The van der Waals surface area contributed by atoms with E-state index in [1.807, 2.05) is 0 Å². The molecule has 0 saturated heterocycles. The molecule has 0 aromatic heterocycles. The third-order valence-corrected chi connectivity index (χ3v) is 1.97. The molecule has 0 bridgehead atoms. The Bertz CT molecular complexity index is 368. The SMILES string of the molecule is CCc1cc(N)ccc1OC(F)(F)C(F)F. The van der Waals surface area contributed by atoms with Crippen molar-refractivity contribution < 1.29 is 22.3 Å². The predicted molar refractivity (Wildman–Crippen MR) is 51.8 cm³/mol. The minimum Gasteiger partial charge on any atom is -0.428 e. The Morgan fingerprint density at radius 2 is 2.00 bits per heavy atom. The molecule has 0 atom stereocenters. The molecule has 0 aliphatic rings. The van der Waals surface area contributed by atoms with Gasteiger partial charge in [-0.05, 0) is 30.2 Å². The molecule has 0 aliphatic heterocycles. The van der Waals surface area contributed by atoms with Gasteiger partial charge in [0, 0.05) is 5.69 Å². The van der Waals surface area contributed by atoms with Gasteiger partial charge >= 0.3 is 12.5 Å². The van der Waals surface area contributed by atoms with Gasteiger partial charge in [0.25, 0.3) is 0 Å². The number of aryl methyl sites for hydroxylation is 1. The lowest BCUT2D eigenvalue weighted by molar-refractivity contribution is -0.253. The molecule has 16 heavy (non-hydrogen) atoms. The average Bonchev–Trinajstić information content (AvgIpc) is 2.20. The number of anilines is 1. The smallest absolute Gasteiger partial charge is 0.428 e. The van der Waals surface area contributed by atoms with Crippen LogP contribution in [0.3, 0.4) is 0 Å². The predicted octanol–water partition coefficient (Wildman–Crippen LogP) is 3.07. The van der Waals surface area contributed by atoms with Gasteiger partial charge in [0.1, 0.15) is 5.75 Å². The Balaban J connectivity index is 2.97. The average molecular weight is 237 g/mol. The molecule has 0 radical (unpaired) electrons. The van der Waals surface area contributed by atoms with Crippen molar-refractivity contribution >= 4 is 5.69 Å². The van der Waals surface area contributed by atoms with E-state index in [0.29, 0.717) is 17.7 Å². The van der Waals surface area contributed by atoms with Gasteiger partial charge in [0.2, 0.25) is 0 Å². The molecule has 0 amide bonds. The Hall–Kier alpha value is -1.46. The topological polar surface area (TPSA) is 35.2 Å². The minimum atomic E-state index is -4.49. The first-order valence-electron chi connectivity index (χ1n) is 4.60. The highest BCUT2D eigenvalue weighted by Gasteiger charge is 2.44. The second kappa shape index (κ2) is 4.59. The van der Waals surface area contributed by atoms with Gasteiger partial charge in [-0.15, -0.1) is 0 Å². The van der Waals surface area contributed by atoms with Gasteiger partial charge in [-0.2, -0.15) is 17.6 Å². The number of nitrogens with two attached hydrogens (primary N) is 1. The summed E-state index contributed by atoms with van der Waals surface area (Å²) in [4.78, 5) is 0. The van der Waals surface area contributed by atoms with Gasteiger partial charge in [-0.25, -0.2) is 0 Å². The van der Waals surface area contributed by atoms with Crippen LogP contribution >= 0.6 is 0 Å². The van der Waals surface area contributed by atoms with E-state index in [0.717, 1.165) is 6.07 Å². The van der Waals surface area contributed by atoms with Crippen LogP contribution in [-0.2, 0) is 6.42 Å². The summed E-state index contributed by atoms with van der Waals surface area (Å²) in [6.07, 6.45) is -7.99. The molecular weight excluding hydrogens is 226 g/mol. The van der Waals surface area contributed by atoms with Gasteiger partial charge in [-0.3, -0.25) is 0 Å². The highest BCUT2D eigenvalue weighted by atomic mass is 19.3. The van der Waals surface area contributed by atoms with E-state index < -0.39 is 12.5 Å². The second-order valence-electron chi connectivity index (χ2n) is 3.19. The van der Waals surface area contributed by atoms with E-state index in [2.05, 4.69) is 4.74 Å². The fraction of sp³-hybridized carbons (Fsp3) is 0.400. The lowest BCUT2D eigenvalue weighted by atomic mass is 10.1. The van der Waals surface area contributed by atoms with Crippen LogP contribution < -0.4 is 10.5 Å². The van der Waals surface area contributed by atoms with Crippen molar-refractivity contribution in [2.45, 2.75) is 25.9 Å². The summed E-state index contributed by atoms with van der Waals surface area (Å²) >= 11 is 0. The number of hydrogen-bond donors (Lipinski definition) is 1. The summed E-state index contributed by atoms with van der Waals surface area (Å²) in [5.41, 5.74) is 6.16. The van der Waals surface area contributed by atoms with Crippen molar-refractivity contribution in [3.8, 4) is 5.75 Å². The molecule has 0 saturated carbocycles. The summed E-state index contributed by atoms with van der Waals surface area (Å²) < 4.78 is 53.1. The van der Waals surface area contributed by atoms with Crippen LogP contribution in [0.15, 0.2) is 18.2 Å². The van der Waals surface area contributed by atoms with E-state index in [-0.39, 0.29) is 5.75 Å². The first kappa shape index (κ1) is 12.6. The second-order valence-corrected chi connectivity index (χ2v) is 3.19. The van der Waals surface area contributed by atoms with Crippen molar-refractivity contribution in [1.82, 2.24) is 0 Å². The molecule has 1 aromatic rings. The first-order chi connectivity index (χ1) is 7.36. The normalized spacial score (nSPS) is 11.9. The molecule has 1 rings (SSSR count). The van der Waals surface area contributed by atoms with Crippen LogP contribution in [0.2, 0.25) is 0 Å². The zero-order valence-corrected chi connectivity index (χ0v) is 8.51. The molecule has 90 valence electrons. The molecular formula is C10H11F4NO. The Kier molecular flexibility index (Phi) is 3.62. The third kappa shape index (κ3) is 2.77. The number of hydrogen-bond acceptors (Lipinski definition) is 2. The molecule has 0 unspecified atom stereocenters. The number of alkyl halides is 4. The summed E-state index contributed by atoms with van der Waals surface area (Å²) in [7, 11) is 0. The monoisotopic (exact) mass is 237 g/mol. The quantitative estimate of drug-likeness (QED) is 0.645. The van der Waals surface area contributed by atoms with Crippen LogP contribution in [0.25, 0.3) is 0 Å². The van der Waals surface area contributed by atoms with Gasteiger partial charge < -0.3 is 10.5 Å². The number of nitrogen functional groups attached to an aromatic ring is 1. The summed E-state index contributed by atoms with van der Waals surface area (Å²) in [5.74, 6) is -0.276. The van der Waals surface area contributed by atoms with E-state index in [1.165, 1.54) is 12.1 Å². The zero-order valence-electron chi connectivity index (χ0n) is 8.51. The van der Waals surface area contributed by atoms with Gasteiger partial charge in [-0.1, -0.05) is 6.92 Å². The maximum absolute atomic E-state index is 12.6. The van der Waals surface area contributed by atoms with Crippen LogP contribution in [0.1, 0.15) is 12.5 Å². The van der Waals surface area contributed by atoms with E-state index in [9.17, 15) is 17.6 Å². The first-order valence-corrected chi connectivity index (χ1v) is 4.60. The highest BCUT2D eigenvalue weighted by molar-refractivity contribution is 5.47. The third-order valence-electron chi connectivity index (χ3n) is 1.97. The van der Waals surface area contributed by atoms with Crippen molar-refractivity contribution in [3.63, 3.8) is 0 Å². The van der Waals surface area contributed by atoms with Crippen LogP contribution in [-0.4, -0.2) is 12.5 Å². The molecule has 1 aromatic carbocycles. The molecule has 6 heteroatoms. The Morgan fingerprint density at radius 3 is 2.50 bits per heavy atom. The molecule has 0 fully saturated rings. The van der Waals surface area contributed by atoms with Gasteiger partial charge in [0.05, 0.1) is 0 Å². The molecule has 0 spiro atoms. The van der Waals surface area contributed by atoms with E-state index in [1.54, 1.807) is 6.92 Å². The number of benzene rings is 1. The molecule has 0 aliphatic carbocycles. The lowest BCUT2D eigenvalue weighted by Crippen LogP contribution is -2.33. The van der Waals surface area contributed by atoms with E-state index >= 15 is 0 Å². The molecule has 0 heterocycles.